The average Bonchev–Trinajstić information content (AvgIpc) is 3.74. The molecule has 10 aromatic rings. The predicted molar refractivity (Wildman–Crippen MR) is 194 cm³/mol. The Balaban J connectivity index is 1.29. The summed E-state index contributed by atoms with van der Waals surface area (Å²) in [6.07, 6.45) is 0. The lowest BCUT2D eigenvalue weighted by atomic mass is 9.94. The van der Waals surface area contributed by atoms with Crippen molar-refractivity contribution in [1.29, 1.82) is 0 Å². The van der Waals surface area contributed by atoms with E-state index in [0.29, 0.717) is 17.5 Å². The normalized spacial score (nSPS) is 11.8. The zero-order valence-corrected chi connectivity index (χ0v) is 25.6. The topological polar surface area (TPSA) is 65.0 Å². The second-order valence-corrected chi connectivity index (χ2v) is 11.9. The number of rotatable bonds is 4. The third-order valence-corrected chi connectivity index (χ3v) is 9.14. The van der Waals surface area contributed by atoms with Crippen LogP contribution in [0.5, 0.6) is 0 Å². The first kappa shape index (κ1) is 26.6. The number of fused-ring (bicyclic) bond motifs is 8. The second-order valence-electron chi connectivity index (χ2n) is 11.9. The third kappa shape index (κ3) is 4.08. The molecule has 0 unspecified atom stereocenters. The van der Waals surface area contributed by atoms with Crippen LogP contribution in [0.4, 0.5) is 0 Å². The van der Waals surface area contributed by atoms with Gasteiger partial charge in [-0.3, -0.25) is 0 Å². The highest BCUT2D eigenvalue weighted by atomic mass is 16.3. The molecule has 0 aliphatic rings. The molecule has 0 bridgehead atoms. The number of hydrogen-bond donors (Lipinski definition) is 0. The van der Waals surface area contributed by atoms with E-state index in [2.05, 4.69) is 72.8 Å². The zero-order chi connectivity index (χ0) is 31.6. The highest BCUT2D eigenvalue weighted by Crippen LogP contribution is 2.43. The third-order valence-electron chi connectivity index (χ3n) is 9.14. The number of para-hydroxylation sites is 1. The molecule has 0 fully saturated rings. The van der Waals surface area contributed by atoms with Gasteiger partial charge in [-0.1, -0.05) is 127 Å². The standard InChI is InChI=1S/C43H25N3O2/c1-3-13-26(14-4-1)33-25-34-39-32(21-12-24-37(39)48-40(34)29-18-8-7-17-28(29)33)43-45-41(27-15-5-2-6-16-27)44-42(46-43)31-20-11-23-36-38(31)30-19-9-10-22-35(30)47-36/h1-25H. The summed E-state index contributed by atoms with van der Waals surface area (Å²) in [6.45, 7) is 0. The largest absolute Gasteiger partial charge is 0.456 e. The van der Waals surface area contributed by atoms with Crippen molar-refractivity contribution in [3.05, 3.63) is 152 Å². The fourth-order valence-corrected chi connectivity index (χ4v) is 6.99. The van der Waals surface area contributed by atoms with Crippen molar-refractivity contribution < 1.29 is 8.83 Å². The molecule has 0 amide bonds. The predicted octanol–water partition coefficient (Wildman–Crippen LogP) is 11.5. The maximum absolute atomic E-state index is 6.66. The number of hydrogen-bond acceptors (Lipinski definition) is 5. The Hall–Kier alpha value is -6.59. The molecule has 3 aromatic heterocycles. The van der Waals surface area contributed by atoms with Gasteiger partial charge in [0.1, 0.15) is 22.3 Å². The summed E-state index contributed by atoms with van der Waals surface area (Å²) in [7, 11) is 0. The van der Waals surface area contributed by atoms with Crippen molar-refractivity contribution >= 4 is 54.6 Å². The van der Waals surface area contributed by atoms with Gasteiger partial charge < -0.3 is 8.83 Å². The van der Waals surface area contributed by atoms with Gasteiger partial charge in [0.05, 0.1) is 0 Å². The first-order chi connectivity index (χ1) is 23.8. The monoisotopic (exact) mass is 615 g/mol. The lowest BCUT2D eigenvalue weighted by Gasteiger charge is -2.10. The lowest BCUT2D eigenvalue weighted by Crippen LogP contribution is -2.00. The van der Waals surface area contributed by atoms with Crippen LogP contribution in [0.2, 0.25) is 0 Å². The van der Waals surface area contributed by atoms with E-state index in [4.69, 9.17) is 23.8 Å². The van der Waals surface area contributed by atoms with E-state index in [1.165, 1.54) is 0 Å². The Labute approximate surface area is 274 Å². The highest BCUT2D eigenvalue weighted by molar-refractivity contribution is 6.22. The van der Waals surface area contributed by atoms with Crippen LogP contribution in [-0.4, -0.2) is 15.0 Å². The molecule has 5 nitrogen and oxygen atoms in total. The van der Waals surface area contributed by atoms with E-state index < -0.39 is 0 Å². The van der Waals surface area contributed by atoms with Gasteiger partial charge >= 0.3 is 0 Å². The van der Waals surface area contributed by atoms with E-state index in [1.807, 2.05) is 78.9 Å². The summed E-state index contributed by atoms with van der Waals surface area (Å²) in [6, 6.07) is 51.5. The van der Waals surface area contributed by atoms with E-state index in [9.17, 15) is 0 Å². The van der Waals surface area contributed by atoms with Crippen LogP contribution in [0.15, 0.2) is 160 Å². The van der Waals surface area contributed by atoms with Gasteiger partial charge in [0, 0.05) is 43.6 Å². The molecule has 0 aliphatic heterocycles. The summed E-state index contributed by atoms with van der Waals surface area (Å²) in [5, 5.41) is 6.20. The van der Waals surface area contributed by atoms with Gasteiger partial charge in [-0.05, 0) is 40.8 Å². The molecule has 3 heterocycles. The molecule has 0 radical (unpaired) electrons. The Kier molecular flexibility index (Phi) is 5.81. The summed E-state index contributed by atoms with van der Waals surface area (Å²) in [5.41, 5.74) is 8.23. The fourth-order valence-electron chi connectivity index (χ4n) is 6.99. The lowest BCUT2D eigenvalue weighted by molar-refractivity contribution is 0.669. The second kappa shape index (κ2) is 10.5. The van der Waals surface area contributed by atoms with Gasteiger partial charge in [-0.2, -0.15) is 0 Å². The fraction of sp³-hybridized carbons (Fsp3) is 0. The Bertz CT molecular complexity index is 2840. The SMILES string of the molecule is c1ccc(-c2nc(-c3cccc4oc5ccccc5c34)nc(-c3cccc4oc5c6ccccc6c(-c6ccccc6)cc5c34)n2)cc1. The quantitative estimate of drug-likeness (QED) is 0.197. The minimum atomic E-state index is 0.575. The number of aromatic nitrogens is 3. The molecule has 0 atom stereocenters. The number of benzene rings is 7. The van der Waals surface area contributed by atoms with Crippen LogP contribution in [0.3, 0.4) is 0 Å². The Morgan fingerprint density at radius 1 is 0.333 bits per heavy atom. The van der Waals surface area contributed by atoms with Crippen molar-refractivity contribution in [2.45, 2.75) is 0 Å². The van der Waals surface area contributed by atoms with E-state index in [0.717, 1.165) is 82.5 Å². The summed E-state index contributed by atoms with van der Waals surface area (Å²) >= 11 is 0. The molecule has 0 N–H and O–H groups in total. The zero-order valence-electron chi connectivity index (χ0n) is 25.6. The highest BCUT2D eigenvalue weighted by Gasteiger charge is 2.22. The van der Waals surface area contributed by atoms with Crippen LogP contribution < -0.4 is 0 Å². The number of furan rings is 2. The van der Waals surface area contributed by atoms with E-state index in [-0.39, 0.29) is 0 Å². The summed E-state index contributed by atoms with van der Waals surface area (Å²) in [4.78, 5) is 15.4. The van der Waals surface area contributed by atoms with Gasteiger partial charge in [-0.15, -0.1) is 0 Å². The molecule has 0 spiro atoms. The van der Waals surface area contributed by atoms with Crippen molar-refractivity contribution in [3.8, 4) is 45.3 Å². The molecule has 48 heavy (non-hydrogen) atoms. The van der Waals surface area contributed by atoms with Crippen LogP contribution in [0, 0.1) is 0 Å². The Morgan fingerprint density at radius 3 is 1.56 bits per heavy atom. The van der Waals surface area contributed by atoms with Crippen LogP contribution in [0.1, 0.15) is 0 Å². The van der Waals surface area contributed by atoms with Gasteiger partial charge in [0.25, 0.3) is 0 Å². The maximum atomic E-state index is 6.66. The first-order valence-corrected chi connectivity index (χ1v) is 15.9. The van der Waals surface area contributed by atoms with Crippen molar-refractivity contribution in [1.82, 2.24) is 15.0 Å². The summed E-state index contributed by atoms with van der Waals surface area (Å²) < 4.78 is 12.9. The molecule has 0 saturated carbocycles. The van der Waals surface area contributed by atoms with Crippen molar-refractivity contribution in [2.75, 3.05) is 0 Å². The number of nitrogens with zero attached hydrogens (tertiary/aromatic N) is 3. The summed E-state index contributed by atoms with van der Waals surface area (Å²) in [5.74, 6) is 1.75. The minimum absolute atomic E-state index is 0.575. The van der Waals surface area contributed by atoms with Crippen LogP contribution >= 0.6 is 0 Å². The van der Waals surface area contributed by atoms with Crippen molar-refractivity contribution in [3.63, 3.8) is 0 Å². The van der Waals surface area contributed by atoms with Crippen LogP contribution in [0.25, 0.3) is 99.9 Å². The van der Waals surface area contributed by atoms with E-state index >= 15 is 0 Å². The minimum Gasteiger partial charge on any atom is -0.456 e. The first-order valence-electron chi connectivity index (χ1n) is 15.9. The maximum Gasteiger partial charge on any atom is 0.164 e. The average molecular weight is 616 g/mol. The molecule has 10 rings (SSSR count). The van der Waals surface area contributed by atoms with Gasteiger partial charge in [-0.25, -0.2) is 15.0 Å². The molecular weight excluding hydrogens is 590 g/mol. The molecular formula is C43H25N3O2. The molecule has 224 valence electrons. The van der Waals surface area contributed by atoms with E-state index in [1.54, 1.807) is 0 Å². The Morgan fingerprint density at radius 2 is 0.854 bits per heavy atom. The molecule has 0 aliphatic carbocycles. The van der Waals surface area contributed by atoms with Crippen LogP contribution in [-0.2, 0) is 0 Å². The molecule has 5 heteroatoms. The van der Waals surface area contributed by atoms with Crippen molar-refractivity contribution in [2.24, 2.45) is 0 Å². The van der Waals surface area contributed by atoms with Gasteiger partial charge in [0.15, 0.2) is 17.5 Å². The molecule has 7 aromatic carbocycles. The molecule has 0 saturated heterocycles. The van der Waals surface area contributed by atoms with Gasteiger partial charge in [0.2, 0.25) is 0 Å². The smallest absolute Gasteiger partial charge is 0.164 e.